The molecule has 0 aliphatic carbocycles. The van der Waals surface area contributed by atoms with Crippen molar-refractivity contribution < 1.29 is 24.3 Å². The van der Waals surface area contributed by atoms with Gasteiger partial charge >= 0.3 is 5.97 Å². The molecule has 1 fully saturated rings. The molecular formula is C20H29N3O5. The molecule has 0 radical (unpaired) electrons. The summed E-state index contributed by atoms with van der Waals surface area (Å²) in [6.45, 7) is 7.22. The van der Waals surface area contributed by atoms with Gasteiger partial charge in [0.2, 0.25) is 5.91 Å². The molecule has 2 heterocycles. The lowest BCUT2D eigenvalue weighted by Gasteiger charge is -2.28. The summed E-state index contributed by atoms with van der Waals surface area (Å²) in [4.78, 5) is 54.2. The number of nitrogens with zero attached hydrogens (tertiary/aromatic N) is 2. The number of Topliss-reactive ketones (excluding diaryl/α,β-unsaturated/α-hetero) is 1. The maximum absolute atomic E-state index is 13.1. The van der Waals surface area contributed by atoms with Crippen LogP contribution in [0.3, 0.4) is 0 Å². The van der Waals surface area contributed by atoms with Crippen LogP contribution in [0.15, 0.2) is 0 Å². The van der Waals surface area contributed by atoms with Gasteiger partial charge in [-0.25, -0.2) is 0 Å². The fraction of sp³-hybridized carbons (Fsp3) is 0.600. The molecule has 1 aromatic rings. The summed E-state index contributed by atoms with van der Waals surface area (Å²) in [6.07, 6.45) is 2.44. The third kappa shape index (κ3) is 4.61. The molecule has 0 spiro atoms. The number of ketones is 1. The molecule has 0 aromatic carbocycles. The number of carboxylic acid groups (broad SMARTS) is 1. The van der Waals surface area contributed by atoms with Gasteiger partial charge in [0, 0.05) is 37.3 Å². The van der Waals surface area contributed by atoms with Crippen LogP contribution >= 0.6 is 0 Å². The standard InChI is InChI=1S/C20H29N3O5/c1-5-16-18(13(3)24)12(2)21-19(16)20(28)22-9-6-7-15(8-10-22)23(14(4)25)11-17(26)27/h15,21H,5-11H2,1-4H3,(H,26,27). The number of rotatable bonds is 6. The van der Waals surface area contributed by atoms with E-state index in [-0.39, 0.29) is 30.2 Å². The Kier molecular flexibility index (Phi) is 6.99. The number of hydrogen-bond donors (Lipinski definition) is 2. The predicted molar refractivity (Wildman–Crippen MR) is 103 cm³/mol. The highest BCUT2D eigenvalue weighted by molar-refractivity contribution is 6.02. The zero-order valence-corrected chi connectivity index (χ0v) is 17.0. The second-order valence-electron chi connectivity index (χ2n) is 7.31. The highest BCUT2D eigenvalue weighted by Crippen LogP contribution is 2.24. The molecule has 2 rings (SSSR count). The number of aryl methyl sites for hydroxylation is 1. The second kappa shape index (κ2) is 9.03. The van der Waals surface area contributed by atoms with Crippen LogP contribution in [-0.4, -0.2) is 69.1 Å². The number of aromatic nitrogens is 1. The van der Waals surface area contributed by atoms with Crippen molar-refractivity contribution in [3.05, 3.63) is 22.5 Å². The third-order valence-electron chi connectivity index (χ3n) is 5.35. The number of carboxylic acids is 1. The van der Waals surface area contributed by atoms with Crippen LogP contribution in [0.1, 0.15) is 72.1 Å². The molecule has 0 saturated carbocycles. The van der Waals surface area contributed by atoms with E-state index >= 15 is 0 Å². The second-order valence-corrected chi connectivity index (χ2v) is 7.31. The van der Waals surface area contributed by atoms with Crippen molar-refractivity contribution in [1.82, 2.24) is 14.8 Å². The van der Waals surface area contributed by atoms with Crippen molar-refractivity contribution in [2.45, 2.75) is 59.4 Å². The zero-order valence-electron chi connectivity index (χ0n) is 17.0. The van der Waals surface area contributed by atoms with Gasteiger partial charge in [-0.05, 0) is 45.1 Å². The number of hydrogen-bond acceptors (Lipinski definition) is 4. The van der Waals surface area contributed by atoms with Gasteiger partial charge in [0.15, 0.2) is 5.78 Å². The number of carbonyl (C=O) groups excluding carboxylic acids is 3. The average molecular weight is 391 g/mol. The lowest BCUT2D eigenvalue weighted by Crippen LogP contribution is -2.43. The van der Waals surface area contributed by atoms with Crippen molar-refractivity contribution in [3.8, 4) is 0 Å². The van der Waals surface area contributed by atoms with Gasteiger partial charge < -0.3 is 19.9 Å². The minimum atomic E-state index is -1.04. The molecule has 1 aliphatic heterocycles. The first-order valence-electron chi connectivity index (χ1n) is 9.67. The Hall–Kier alpha value is -2.64. The Balaban J connectivity index is 2.19. The summed E-state index contributed by atoms with van der Waals surface area (Å²) in [5, 5.41) is 9.06. The first-order chi connectivity index (χ1) is 13.2. The Morgan fingerprint density at radius 1 is 1.18 bits per heavy atom. The molecule has 2 N–H and O–H groups in total. The fourth-order valence-corrected chi connectivity index (χ4v) is 4.08. The van der Waals surface area contributed by atoms with Crippen LogP contribution in [0.5, 0.6) is 0 Å². The highest BCUT2D eigenvalue weighted by Gasteiger charge is 2.30. The predicted octanol–water partition coefficient (Wildman–Crippen LogP) is 2.02. The van der Waals surface area contributed by atoms with Crippen LogP contribution in [0.25, 0.3) is 0 Å². The summed E-state index contributed by atoms with van der Waals surface area (Å²) >= 11 is 0. The van der Waals surface area contributed by atoms with Gasteiger partial charge in [0.25, 0.3) is 5.91 Å². The summed E-state index contributed by atoms with van der Waals surface area (Å²) in [6, 6.07) is -0.199. The quantitative estimate of drug-likeness (QED) is 0.721. The Morgan fingerprint density at radius 3 is 2.39 bits per heavy atom. The Bertz CT molecular complexity index is 783. The number of aliphatic carboxylic acids is 1. The maximum atomic E-state index is 13.1. The van der Waals surface area contributed by atoms with E-state index in [0.29, 0.717) is 55.7 Å². The summed E-state index contributed by atoms with van der Waals surface area (Å²) in [7, 11) is 0. The van der Waals surface area contributed by atoms with Gasteiger partial charge in [0.05, 0.1) is 0 Å². The van der Waals surface area contributed by atoms with E-state index in [1.807, 2.05) is 6.92 Å². The Morgan fingerprint density at radius 2 is 1.86 bits per heavy atom. The monoisotopic (exact) mass is 391 g/mol. The fourth-order valence-electron chi connectivity index (χ4n) is 4.08. The first-order valence-corrected chi connectivity index (χ1v) is 9.67. The van der Waals surface area contributed by atoms with Crippen molar-refractivity contribution in [1.29, 1.82) is 0 Å². The van der Waals surface area contributed by atoms with E-state index in [2.05, 4.69) is 4.98 Å². The summed E-state index contributed by atoms with van der Waals surface area (Å²) in [5.74, 6) is -1.53. The highest BCUT2D eigenvalue weighted by atomic mass is 16.4. The van der Waals surface area contributed by atoms with Gasteiger partial charge in [-0.3, -0.25) is 19.2 Å². The van der Waals surface area contributed by atoms with E-state index in [1.165, 1.54) is 18.7 Å². The largest absolute Gasteiger partial charge is 0.480 e. The van der Waals surface area contributed by atoms with Crippen molar-refractivity contribution >= 4 is 23.6 Å². The van der Waals surface area contributed by atoms with Crippen molar-refractivity contribution in [3.63, 3.8) is 0 Å². The molecule has 1 aliphatic rings. The average Bonchev–Trinajstić information content (AvgIpc) is 2.78. The molecule has 1 atom stereocenters. The lowest BCUT2D eigenvalue weighted by atomic mass is 10.0. The molecule has 1 aromatic heterocycles. The molecule has 1 unspecified atom stereocenters. The van der Waals surface area contributed by atoms with Gasteiger partial charge in [0.1, 0.15) is 12.2 Å². The third-order valence-corrected chi connectivity index (χ3v) is 5.35. The molecule has 8 heteroatoms. The number of nitrogens with one attached hydrogen (secondary N) is 1. The Labute approximate surface area is 164 Å². The van der Waals surface area contributed by atoms with Crippen LogP contribution in [-0.2, 0) is 16.0 Å². The number of amides is 2. The van der Waals surface area contributed by atoms with Gasteiger partial charge in [-0.1, -0.05) is 6.92 Å². The lowest BCUT2D eigenvalue weighted by molar-refractivity contribution is -0.145. The normalized spacial score (nSPS) is 17.1. The minimum Gasteiger partial charge on any atom is -0.480 e. The number of H-pyrrole nitrogens is 1. The molecule has 154 valence electrons. The molecule has 8 nitrogen and oxygen atoms in total. The topological polar surface area (TPSA) is 111 Å². The van der Waals surface area contributed by atoms with E-state index in [9.17, 15) is 19.2 Å². The van der Waals surface area contributed by atoms with Crippen LogP contribution in [0.4, 0.5) is 0 Å². The van der Waals surface area contributed by atoms with E-state index in [4.69, 9.17) is 5.11 Å². The number of likely N-dealkylation sites (tertiary alicyclic amines) is 1. The van der Waals surface area contributed by atoms with Gasteiger partial charge in [-0.2, -0.15) is 0 Å². The summed E-state index contributed by atoms with van der Waals surface area (Å²) < 4.78 is 0. The zero-order chi connectivity index (χ0) is 21.0. The molecule has 28 heavy (non-hydrogen) atoms. The molecular weight excluding hydrogens is 362 g/mol. The van der Waals surface area contributed by atoms with Crippen LogP contribution < -0.4 is 0 Å². The maximum Gasteiger partial charge on any atom is 0.323 e. The van der Waals surface area contributed by atoms with Crippen molar-refractivity contribution in [2.75, 3.05) is 19.6 Å². The van der Waals surface area contributed by atoms with Crippen LogP contribution in [0, 0.1) is 6.92 Å². The SMILES string of the molecule is CCc1c(C(=O)N2CCCC(N(CC(=O)O)C(C)=O)CC2)[nH]c(C)c1C(C)=O. The van der Waals surface area contributed by atoms with Crippen LogP contribution in [0.2, 0.25) is 0 Å². The smallest absolute Gasteiger partial charge is 0.323 e. The molecule has 1 saturated heterocycles. The van der Waals surface area contributed by atoms with Gasteiger partial charge in [-0.15, -0.1) is 0 Å². The molecule has 0 bridgehead atoms. The molecule has 2 amide bonds. The summed E-state index contributed by atoms with van der Waals surface area (Å²) in [5.41, 5.74) is 2.48. The minimum absolute atomic E-state index is 0.0636. The van der Waals surface area contributed by atoms with Crippen molar-refractivity contribution in [2.24, 2.45) is 0 Å². The first kappa shape index (κ1) is 21.7. The number of carbonyl (C=O) groups is 4. The van der Waals surface area contributed by atoms with E-state index < -0.39 is 5.97 Å². The number of aromatic amines is 1. The van der Waals surface area contributed by atoms with E-state index in [0.717, 1.165) is 5.56 Å². The van der Waals surface area contributed by atoms with E-state index in [1.54, 1.807) is 11.8 Å².